The molecule has 1 aliphatic carbocycles. The van der Waals surface area contributed by atoms with E-state index in [1.165, 1.54) is 32.1 Å². The van der Waals surface area contributed by atoms with Gasteiger partial charge in [0.15, 0.2) is 0 Å². The lowest BCUT2D eigenvalue weighted by Gasteiger charge is -2.20. The topological polar surface area (TPSA) is 17.1 Å². The lowest BCUT2D eigenvalue weighted by atomic mass is 9.85. The summed E-state index contributed by atoms with van der Waals surface area (Å²) in [6.07, 6.45) is 11.0. The minimum Gasteiger partial charge on any atom is -0.299 e. The minimum absolute atomic E-state index is 0.362. The summed E-state index contributed by atoms with van der Waals surface area (Å²) in [7, 11) is 0. The second kappa shape index (κ2) is 5.95. The summed E-state index contributed by atoms with van der Waals surface area (Å²) in [4.78, 5) is 11.2. The molecule has 1 heteroatoms. The van der Waals surface area contributed by atoms with Gasteiger partial charge in [-0.25, -0.2) is 0 Å². The van der Waals surface area contributed by atoms with Gasteiger partial charge in [0.2, 0.25) is 0 Å². The van der Waals surface area contributed by atoms with Crippen molar-refractivity contribution in [1.29, 1.82) is 0 Å². The fourth-order valence-electron chi connectivity index (χ4n) is 2.10. The zero-order valence-electron chi connectivity index (χ0n) is 8.43. The Morgan fingerprint density at radius 3 is 2.62 bits per heavy atom. The van der Waals surface area contributed by atoms with E-state index in [2.05, 4.69) is 6.58 Å². The van der Waals surface area contributed by atoms with Gasteiger partial charge in [0, 0.05) is 12.8 Å². The molecule has 13 heavy (non-hydrogen) atoms. The maximum atomic E-state index is 11.2. The predicted octanol–water partition coefficient (Wildman–Crippen LogP) is 3.49. The summed E-state index contributed by atoms with van der Waals surface area (Å²) in [5.41, 5.74) is 0. The van der Waals surface area contributed by atoms with Gasteiger partial charge in [0.05, 0.1) is 0 Å². The van der Waals surface area contributed by atoms with Gasteiger partial charge in [-0.15, -0.1) is 6.58 Å². The molecule has 0 aromatic heterocycles. The predicted molar refractivity (Wildman–Crippen MR) is 55.6 cm³/mol. The molecule has 1 nitrogen and oxygen atoms in total. The van der Waals surface area contributed by atoms with E-state index in [1.807, 2.05) is 0 Å². The van der Waals surface area contributed by atoms with Crippen molar-refractivity contribution in [1.82, 2.24) is 0 Å². The third-order valence-electron chi connectivity index (χ3n) is 2.93. The van der Waals surface area contributed by atoms with Crippen molar-refractivity contribution < 1.29 is 4.79 Å². The molecule has 1 aliphatic rings. The largest absolute Gasteiger partial charge is 0.299 e. The van der Waals surface area contributed by atoms with Crippen molar-refractivity contribution in [3.05, 3.63) is 12.7 Å². The number of Topliss-reactive ketones (excluding diaryl/α,β-unsaturated/α-hetero) is 1. The first-order valence-electron chi connectivity index (χ1n) is 5.45. The first kappa shape index (κ1) is 10.5. The molecule has 0 unspecified atom stereocenters. The number of allylic oxidation sites excluding steroid dienone is 1. The molecule has 0 saturated heterocycles. The van der Waals surface area contributed by atoms with Crippen molar-refractivity contribution in [2.45, 2.75) is 51.4 Å². The van der Waals surface area contributed by atoms with Crippen LogP contribution in [0.5, 0.6) is 0 Å². The van der Waals surface area contributed by atoms with Gasteiger partial charge in [0.1, 0.15) is 5.78 Å². The zero-order valence-corrected chi connectivity index (χ0v) is 8.43. The molecule has 74 valence electrons. The number of hydrogen-bond donors (Lipinski definition) is 0. The fraction of sp³-hybridized carbons (Fsp3) is 0.750. The highest BCUT2D eigenvalue weighted by Gasteiger charge is 2.13. The lowest BCUT2D eigenvalue weighted by molar-refractivity contribution is -0.118. The standard InChI is InChI=1S/C12H20O/c1-2-6-12(13)10-9-11-7-4-3-5-8-11/h2,11H,1,3-10H2. The van der Waals surface area contributed by atoms with E-state index in [0.717, 1.165) is 18.8 Å². The Balaban J connectivity index is 2.09. The molecule has 1 rings (SSSR count). The third kappa shape index (κ3) is 4.25. The molecule has 0 amide bonds. The van der Waals surface area contributed by atoms with E-state index < -0.39 is 0 Å². The molecule has 0 bridgehead atoms. The molecule has 0 spiro atoms. The third-order valence-corrected chi connectivity index (χ3v) is 2.93. The van der Waals surface area contributed by atoms with E-state index in [1.54, 1.807) is 6.08 Å². The second-order valence-corrected chi connectivity index (χ2v) is 4.07. The van der Waals surface area contributed by atoms with Crippen molar-refractivity contribution in [3.63, 3.8) is 0 Å². The van der Waals surface area contributed by atoms with E-state index in [4.69, 9.17) is 0 Å². The van der Waals surface area contributed by atoms with Crippen molar-refractivity contribution in [3.8, 4) is 0 Å². The number of hydrogen-bond acceptors (Lipinski definition) is 1. The van der Waals surface area contributed by atoms with Crippen LogP contribution in [0, 0.1) is 5.92 Å². The maximum Gasteiger partial charge on any atom is 0.136 e. The monoisotopic (exact) mass is 180 g/mol. The van der Waals surface area contributed by atoms with Gasteiger partial charge in [-0.3, -0.25) is 4.79 Å². The van der Waals surface area contributed by atoms with Gasteiger partial charge >= 0.3 is 0 Å². The first-order chi connectivity index (χ1) is 6.33. The van der Waals surface area contributed by atoms with Crippen LogP contribution >= 0.6 is 0 Å². The van der Waals surface area contributed by atoms with Crippen molar-refractivity contribution in [2.75, 3.05) is 0 Å². The average Bonchev–Trinajstić information content (AvgIpc) is 2.17. The van der Waals surface area contributed by atoms with Crippen LogP contribution in [0.4, 0.5) is 0 Å². The van der Waals surface area contributed by atoms with Crippen LogP contribution in [0.15, 0.2) is 12.7 Å². The molecule has 0 heterocycles. The first-order valence-corrected chi connectivity index (χ1v) is 5.45. The van der Waals surface area contributed by atoms with Gasteiger partial charge < -0.3 is 0 Å². The fourth-order valence-corrected chi connectivity index (χ4v) is 2.10. The van der Waals surface area contributed by atoms with Crippen LogP contribution in [0.1, 0.15) is 51.4 Å². The molecule has 0 aliphatic heterocycles. The highest BCUT2D eigenvalue weighted by Crippen LogP contribution is 2.27. The zero-order chi connectivity index (χ0) is 9.52. The summed E-state index contributed by atoms with van der Waals surface area (Å²) < 4.78 is 0. The summed E-state index contributed by atoms with van der Waals surface area (Å²) in [5.74, 6) is 1.20. The van der Waals surface area contributed by atoms with E-state index in [9.17, 15) is 4.79 Å². The molecule has 0 N–H and O–H groups in total. The summed E-state index contributed by atoms with van der Waals surface area (Å²) in [6, 6.07) is 0. The number of rotatable bonds is 5. The van der Waals surface area contributed by atoms with E-state index in [-0.39, 0.29) is 0 Å². The summed E-state index contributed by atoms with van der Waals surface area (Å²) >= 11 is 0. The van der Waals surface area contributed by atoms with Crippen LogP contribution in [-0.2, 0) is 4.79 Å². The number of ketones is 1. The van der Waals surface area contributed by atoms with Crippen LogP contribution in [-0.4, -0.2) is 5.78 Å². The van der Waals surface area contributed by atoms with Crippen LogP contribution in [0.2, 0.25) is 0 Å². The van der Waals surface area contributed by atoms with Gasteiger partial charge in [0.25, 0.3) is 0 Å². The maximum absolute atomic E-state index is 11.2. The minimum atomic E-state index is 0.362. The van der Waals surface area contributed by atoms with Crippen LogP contribution in [0.3, 0.4) is 0 Å². The quantitative estimate of drug-likeness (QED) is 0.592. The molecule has 1 fully saturated rings. The van der Waals surface area contributed by atoms with Gasteiger partial charge in [-0.05, 0) is 12.3 Å². The van der Waals surface area contributed by atoms with E-state index >= 15 is 0 Å². The Bertz CT molecular complexity index is 166. The molecular formula is C12H20O. The van der Waals surface area contributed by atoms with Gasteiger partial charge in [-0.2, -0.15) is 0 Å². The summed E-state index contributed by atoms with van der Waals surface area (Å²) in [5, 5.41) is 0. The molecule has 0 radical (unpaired) electrons. The Morgan fingerprint density at radius 1 is 1.31 bits per heavy atom. The second-order valence-electron chi connectivity index (χ2n) is 4.07. The lowest BCUT2D eigenvalue weighted by Crippen LogP contribution is -2.08. The van der Waals surface area contributed by atoms with Crippen molar-refractivity contribution in [2.24, 2.45) is 5.92 Å². The highest BCUT2D eigenvalue weighted by molar-refractivity contribution is 5.79. The molecular weight excluding hydrogens is 160 g/mol. The smallest absolute Gasteiger partial charge is 0.136 e. The molecule has 1 saturated carbocycles. The Morgan fingerprint density at radius 2 is 2.00 bits per heavy atom. The highest BCUT2D eigenvalue weighted by atomic mass is 16.1. The van der Waals surface area contributed by atoms with Crippen LogP contribution < -0.4 is 0 Å². The molecule has 0 aromatic carbocycles. The molecule has 0 atom stereocenters. The van der Waals surface area contributed by atoms with E-state index in [0.29, 0.717) is 12.2 Å². The Hall–Kier alpha value is -0.590. The number of carbonyl (C=O) groups excluding carboxylic acids is 1. The Labute approximate surface area is 81.2 Å². The number of carbonyl (C=O) groups is 1. The average molecular weight is 180 g/mol. The summed E-state index contributed by atoms with van der Waals surface area (Å²) in [6.45, 7) is 3.57. The Kier molecular flexibility index (Phi) is 4.81. The van der Waals surface area contributed by atoms with Gasteiger partial charge in [-0.1, -0.05) is 38.2 Å². The van der Waals surface area contributed by atoms with Crippen molar-refractivity contribution >= 4 is 5.78 Å². The normalized spacial score (nSPS) is 18.5. The molecule has 0 aromatic rings. The van der Waals surface area contributed by atoms with Crippen LogP contribution in [0.25, 0.3) is 0 Å². The SMILES string of the molecule is C=CCC(=O)CCC1CCCCC1.